The molecule has 0 aliphatic heterocycles. The highest BCUT2D eigenvalue weighted by molar-refractivity contribution is 14.0. The zero-order chi connectivity index (χ0) is 17.8. The number of imidazole rings is 1. The summed E-state index contributed by atoms with van der Waals surface area (Å²) in [5, 5.41) is 7.79. The molecule has 0 bridgehead atoms. The van der Waals surface area contributed by atoms with E-state index >= 15 is 0 Å². The average molecular weight is 484 g/mol. The molecule has 0 aromatic carbocycles. The van der Waals surface area contributed by atoms with E-state index < -0.39 is 0 Å². The first-order chi connectivity index (χ1) is 12.1. The standard InChI is InChI=1S/C18H24N6S.HI/c1-12-6-5-9-24-11-15(23-17(12)24)7-8-20-18(19-4)21-10-16-13(2)22-14(3)25-16;/h5-6,9,11H,7-8,10H2,1-4H3,(H2,19,20,21);1H. The summed E-state index contributed by atoms with van der Waals surface area (Å²) < 4.78 is 2.08. The van der Waals surface area contributed by atoms with Crippen molar-refractivity contribution in [1.29, 1.82) is 0 Å². The van der Waals surface area contributed by atoms with Gasteiger partial charge in [-0.15, -0.1) is 35.3 Å². The Kier molecular flexibility index (Phi) is 7.39. The molecule has 3 aromatic heterocycles. The summed E-state index contributed by atoms with van der Waals surface area (Å²) in [5.41, 5.74) is 4.38. The Morgan fingerprint density at radius 1 is 1.23 bits per heavy atom. The smallest absolute Gasteiger partial charge is 0.191 e. The second-order valence-electron chi connectivity index (χ2n) is 6.00. The van der Waals surface area contributed by atoms with Crippen LogP contribution in [0.5, 0.6) is 0 Å². The van der Waals surface area contributed by atoms with Crippen LogP contribution in [-0.4, -0.2) is 33.9 Å². The van der Waals surface area contributed by atoms with Crippen molar-refractivity contribution in [3.63, 3.8) is 0 Å². The monoisotopic (exact) mass is 484 g/mol. The number of thiazole rings is 1. The summed E-state index contributed by atoms with van der Waals surface area (Å²) in [7, 11) is 1.79. The second kappa shape index (κ2) is 9.31. The summed E-state index contributed by atoms with van der Waals surface area (Å²) in [6, 6.07) is 4.13. The topological polar surface area (TPSA) is 66.6 Å². The van der Waals surface area contributed by atoms with Crippen LogP contribution in [0, 0.1) is 20.8 Å². The molecule has 0 radical (unpaired) electrons. The van der Waals surface area contributed by atoms with Crippen molar-refractivity contribution in [2.24, 2.45) is 4.99 Å². The Morgan fingerprint density at radius 2 is 2.04 bits per heavy atom. The van der Waals surface area contributed by atoms with E-state index in [0.29, 0.717) is 0 Å². The van der Waals surface area contributed by atoms with Crippen molar-refractivity contribution in [1.82, 2.24) is 25.0 Å². The molecule has 0 atom stereocenters. The van der Waals surface area contributed by atoms with Crippen molar-refractivity contribution in [3.8, 4) is 0 Å². The van der Waals surface area contributed by atoms with Gasteiger partial charge in [0, 0.05) is 37.3 Å². The predicted octanol–water partition coefficient (Wildman–Crippen LogP) is 3.24. The molecule has 6 nitrogen and oxygen atoms in total. The quantitative estimate of drug-likeness (QED) is 0.332. The van der Waals surface area contributed by atoms with Crippen LogP contribution in [0.2, 0.25) is 0 Å². The maximum atomic E-state index is 4.70. The molecule has 2 N–H and O–H groups in total. The highest BCUT2D eigenvalue weighted by atomic mass is 127. The lowest BCUT2D eigenvalue weighted by atomic mass is 10.3. The normalized spacial score (nSPS) is 11.5. The van der Waals surface area contributed by atoms with Crippen molar-refractivity contribution >= 4 is 46.9 Å². The van der Waals surface area contributed by atoms with Gasteiger partial charge in [-0.1, -0.05) is 6.07 Å². The van der Waals surface area contributed by atoms with Crippen LogP contribution in [0.1, 0.15) is 26.8 Å². The second-order valence-corrected chi connectivity index (χ2v) is 7.29. The van der Waals surface area contributed by atoms with E-state index in [4.69, 9.17) is 4.98 Å². The number of aliphatic imine (C=N–C) groups is 1. The molecule has 0 aliphatic rings. The van der Waals surface area contributed by atoms with Crippen LogP contribution in [0.3, 0.4) is 0 Å². The van der Waals surface area contributed by atoms with E-state index in [1.165, 1.54) is 10.4 Å². The Morgan fingerprint density at radius 3 is 2.69 bits per heavy atom. The molecule has 3 heterocycles. The first-order valence-corrected chi connectivity index (χ1v) is 9.19. The number of fused-ring (bicyclic) bond motifs is 1. The molecule has 0 saturated carbocycles. The lowest BCUT2D eigenvalue weighted by Gasteiger charge is -2.10. The van der Waals surface area contributed by atoms with E-state index in [1.54, 1.807) is 18.4 Å². The number of guanidine groups is 1. The van der Waals surface area contributed by atoms with Crippen LogP contribution in [0.15, 0.2) is 29.5 Å². The van der Waals surface area contributed by atoms with Gasteiger partial charge in [-0.2, -0.15) is 0 Å². The molecule has 140 valence electrons. The molecule has 8 heteroatoms. The number of nitrogens with one attached hydrogen (secondary N) is 2. The van der Waals surface area contributed by atoms with E-state index in [0.717, 1.165) is 47.5 Å². The molecular weight excluding hydrogens is 459 g/mol. The third-order valence-electron chi connectivity index (χ3n) is 4.04. The zero-order valence-corrected chi connectivity index (χ0v) is 18.7. The van der Waals surface area contributed by atoms with Crippen LogP contribution in [0.4, 0.5) is 0 Å². The maximum absolute atomic E-state index is 4.70. The molecular formula is C18H25IN6S. The van der Waals surface area contributed by atoms with Gasteiger partial charge in [0.05, 0.1) is 22.9 Å². The molecule has 3 aromatic rings. The first kappa shape index (κ1) is 20.6. The van der Waals surface area contributed by atoms with Crippen LogP contribution < -0.4 is 10.6 Å². The number of halogens is 1. The number of hydrogen-bond acceptors (Lipinski definition) is 4. The van der Waals surface area contributed by atoms with Gasteiger partial charge in [-0.25, -0.2) is 9.97 Å². The van der Waals surface area contributed by atoms with Crippen molar-refractivity contribution in [2.45, 2.75) is 33.7 Å². The van der Waals surface area contributed by atoms with E-state index in [9.17, 15) is 0 Å². The molecule has 3 rings (SSSR count). The molecule has 0 spiro atoms. The lowest BCUT2D eigenvalue weighted by molar-refractivity contribution is 0.789. The van der Waals surface area contributed by atoms with Crippen molar-refractivity contribution < 1.29 is 0 Å². The van der Waals surface area contributed by atoms with E-state index in [-0.39, 0.29) is 24.0 Å². The summed E-state index contributed by atoms with van der Waals surface area (Å²) >= 11 is 1.72. The fourth-order valence-corrected chi connectivity index (χ4v) is 3.63. The lowest BCUT2D eigenvalue weighted by Crippen LogP contribution is -2.37. The molecule has 26 heavy (non-hydrogen) atoms. The SMILES string of the molecule is CN=C(NCCc1cn2cccc(C)c2n1)NCc1sc(C)nc1C.I. The highest BCUT2D eigenvalue weighted by Crippen LogP contribution is 2.16. The molecule has 0 saturated heterocycles. The minimum atomic E-state index is 0. The van der Waals surface area contributed by atoms with Crippen molar-refractivity contribution in [2.75, 3.05) is 13.6 Å². The van der Waals surface area contributed by atoms with Gasteiger partial charge in [0.2, 0.25) is 0 Å². The van der Waals surface area contributed by atoms with Gasteiger partial charge in [0.15, 0.2) is 5.96 Å². The summed E-state index contributed by atoms with van der Waals surface area (Å²) in [6.07, 6.45) is 4.97. The minimum absolute atomic E-state index is 0. The number of pyridine rings is 1. The third-order valence-corrected chi connectivity index (χ3v) is 5.11. The first-order valence-electron chi connectivity index (χ1n) is 8.37. The van der Waals surface area contributed by atoms with Gasteiger partial charge in [0.1, 0.15) is 5.65 Å². The highest BCUT2D eigenvalue weighted by Gasteiger charge is 2.07. The third kappa shape index (κ3) is 4.94. The number of nitrogens with zero attached hydrogens (tertiary/aromatic N) is 4. The Bertz CT molecular complexity index is 898. The van der Waals surface area contributed by atoms with Gasteiger partial charge in [-0.05, 0) is 32.4 Å². The molecule has 0 unspecified atom stereocenters. The Hall–Kier alpha value is -1.68. The number of aryl methyl sites for hydroxylation is 3. The van der Waals surface area contributed by atoms with Gasteiger partial charge < -0.3 is 15.0 Å². The van der Waals surface area contributed by atoms with Crippen molar-refractivity contribution in [3.05, 3.63) is 51.4 Å². The minimum Gasteiger partial charge on any atom is -0.356 e. The molecule has 0 amide bonds. The van der Waals surface area contributed by atoms with Crippen LogP contribution in [-0.2, 0) is 13.0 Å². The van der Waals surface area contributed by atoms with Gasteiger partial charge in [-0.3, -0.25) is 4.99 Å². The molecule has 0 fully saturated rings. The summed E-state index contributed by atoms with van der Waals surface area (Å²) in [4.78, 5) is 14.7. The van der Waals surface area contributed by atoms with E-state index in [2.05, 4.69) is 44.2 Å². The Labute approximate surface area is 175 Å². The average Bonchev–Trinajstić information content (AvgIpc) is 3.14. The fourth-order valence-electron chi connectivity index (χ4n) is 2.76. The van der Waals surface area contributed by atoms with Gasteiger partial charge >= 0.3 is 0 Å². The van der Waals surface area contributed by atoms with Crippen LogP contribution >= 0.6 is 35.3 Å². The fraction of sp³-hybridized carbons (Fsp3) is 0.389. The van der Waals surface area contributed by atoms with Crippen LogP contribution in [0.25, 0.3) is 5.65 Å². The molecule has 0 aliphatic carbocycles. The number of aromatic nitrogens is 3. The predicted molar refractivity (Wildman–Crippen MR) is 119 cm³/mol. The summed E-state index contributed by atoms with van der Waals surface area (Å²) in [5.74, 6) is 0.797. The zero-order valence-electron chi connectivity index (χ0n) is 15.5. The number of rotatable bonds is 5. The Balaban J connectivity index is 0.00000243. The summed E-state index contributed by atoms with van der Waals surface area (Å²) in [6.45, 7) is 7.68. The number of hydrogen-bond donors (Lipinski definition) is 2. The largest absolute Gasteiger partial charge is 0.356 e. The van der Waals surface area contributed by atoms with Gasteiger partial charge in [0.25, 0.3) is 0 Å². The maximum Gasteiger partial charge on any atom is 0.191 e. The van der Waals surface area contributed by atoms with E-state index in [1.807, 2.05) is 26.1 Å².